The first-order valence-corrected chi connectivity index (χ1v) is 10.8. The largest absolute Gasteiger partial charge is 0.348 e. The number of nitrogens with one attached hydrogen (secondary N) is 1. The number of halogens is 1. The van der Waals surface area contributed by atoms with Gasteiger partial charge in [0.2, 0.25) is 0 Å². The van der Waals surface area contributed by atoms with Gasteiger partial charge < -0.3 is 5.32 Å². The van der Waals surface area contributed by atoms with Crippen molar-refractivity contribution < 1.29 is 9.18 Å². The molecular formula is C24H28FN5O. The quantitative estimate of drug-likeness (QED) is 0.658. The zero-order valence-corrected chi connectivity index (χ0v) is 18.2. The molecule has 2 aromatic carbocycles. The summed E-state index contributed by atoms with van der Waals surface area (Å²) < 4.78 is 15.0. The lowest BCUT2D eigenvalue weighted by atomic mass is 9.97. The van der Waals surface area contributed by atoms with Crippen LogP contribution in [0.2, 0.25) is 0 Å². The minimum absolute atomic E-state index is 0.0913. The van der Waals surface area contributed by atoms with Crippen LogP contribution in [0.5, 0.6) is 0 Å². The maximum atomic E-state index is 13.2. The first kappa shape index (κ1) is 21.2. The van der Waals surface area contributed by atoms with Crippen LogP contribution in [0.4, 0.5) is 4.39 Å². The number of rotatable bonds is 6. The highest BCUT2D eigenvalue weighted by Crippen LogP contribution is 2.27. The Balaban J connectivity index is 1.55. The molecule has 31 heavy (non-hydrogen) atoms. The minimum Gasteiger partial charge on any atom is -0.348 e. The van der Waals surface area contributed by atoms with Gasteiger partial charge >= 0.3 is 0 Å². The summed E-state index contributed by atoms with van der Waals surface area (Å²) in [6.07, 6.45) is 1.74. The van der Waals surface area contributed by atoms with Crippen LogP contribution in [-0.4, -0.2) is 38.4 Å². The van der Waals surface area contributed by atoms with E-state index in [0.717, 1.165) is 49.4 Å². The molecule has 162 valence electrons. The van der Waals surface area contributed by atoms with Crippen molar-refractivity contribution in [2.24, 2.45) is 0 Å². The van der Waals surface area contributed by atoms with Crippen molar-refractivity contribution in [3.05, 3.63) is 76.4 Å². The zero-order valence-electron chi connectivity index (χ0n) is 18.2. The van der Waals surface area contributed by atoms with Crippen LogP contribution in [0.15, 0.2) is 42.5 Å². The molecule has 0 bridgehead atoms. The summed E-state index contributed by atoms with van der Waals surface area (Å²) in [4.78, 5) is 14.9. The van der Waals surface area contributed by atoms with E-state index in [2.05, 4.69) is 26.6 Å². The summed E-state index contributed by atoms with van der Waals surface area (Å²) in [5, 5.41) is 11.4. The molecule has 0 saturated carbocycles. The van der Waals surface area contributed by atoms with Gasteiger partial charge in [-0.05, 0) is 61.6 Å². The Kier molecular flexibility index (Phi) is 6.13. The molecule has 7 heteroatoms. The summed E-state index contributed by atoms with van der Waals surface area (Å²) in [6, 6.07) is 13.0. The van der Waals surface area contributed by atoms with Crippen LogP contribution < -0.4 is 5.32 Å². The number of benzene rings is 2. The lowest BCUT2D eigenvalue weighted by Crippen LogP contribution is -2.32. The van der Waals surface area contributed by atoms with Crippen molar-refractivity contribution in [3.63, 3.8) is 0 Å². The second kappa shape index (κ2) is 8.98. The van der Waals surface area contributed by atoms with Crippen molar-refractivity contribution in [3.8, 4) is 5.69 Å². The number of fused-ring (bicyclic) bond motifs is 1. The molecular weight excluding hydrogens is 393 g/mol. The molecule has 1 aromatic heterocycles. The molecule has 1 aliphatic heterocycles. The molecule has 1 unspecified atom stereocenters. The molecule has 6 nitrogen and oxygen atoms in total. The van der Waals surface area contributed by atoms with Gasteiger partial charge in [-0.2, -0.15) is 0 Å². The van der Waals surface area contributed by atoms with Gasteiger partial charge in [0.1, 0.15) is 5.82 Å². The number of carbonyl (C=O) groups excluding carboxylic acids is 1. The van der Waals surface area contributed by atoms with Crippen LogP contribution in [0, 0.1) is 12.7 Å². The normalized spacial score (nSPS) is 14.8. The van der Waals surface area contributed by atoms with E-state index in [1.54, 1.807) is 4.68 Å². The number of hydrogen-bond acceptors (Lipinski definition) is 4. The third-order valence-corrected chi connectivity index (χ3v) is 5.97. The topological polar surface area (TPSA) is 63.1 Å². The lowest BCUT2D eigenvalue weighted by Gasteiger charge is -2.30. The Bertz CT molecular complexity index is 1080. The van der Waals surface area contributed by atoms with Gasteiger partial charge in [0.25, 0.3) is 5.91 Å². The Morgan fingerprint density at radius 1 is 1.23 bits per heavy atom. The van der Waals surface area contributed by atoms with Gasteiger partial charge in [-0.15, -0.1) is 5.10 Å². The molecule has 3 aromatic rings. The first-order valence-electron chi connectivity index (χ1n) is 10.8. The first-order chi connectivity index (χ1) is 15.0. The van der Waals surface area contributed by atoms with E-state index in [4.69, 9.17) is 0 Å². The predicted molar refractivity (Wildman–Crippen MR) is 118 cm³/mol. The lowest BCUT2D eigenvalue weighted by molar-refractivity contribution is 0.0933. The molecule has 0 radical (unpaired) electrons. The Morgan fingerprint density at radius 3 is 2.74 bits per heavy atom. The minimum atomic E-state index is -0.210. The third kappa shape index (κ3) is 4.51. The Morgan fingerprint density at radius 2 is 2.00 bits per heavy atom. The second-order valence-corrected chi connectivity index (χ2v) is 8.22. The maximum Gasteiger partial charge on any atom is 0.273 e. The molecule has 1 amide bonds. The van der Waals surface area contributed by atoms with E-state index >= 15 is 0 Å². The van der Waals surface area contributed by atoms with Gasteiger partial charge in [0.05, 0.1) is 11.4 Å². The SMILES string of the molecule is CCC(C)NC(=O)c1nnn(-c2cccc3c2CCN(Cc2ccc(F)cc2)C3)c1C. The monoisotopic (exact) mass is 421 g/mol. The van der Waals surface area contributed by atoms with Crippen LogP contribution in [0.3, 0.4) is 0 Å². The molecule has 1 N–H and O–H groups in total. The fourth-order valence-electron chi connectivity index (χ4n) is 3.99. The van der Waals surface area contributed by atoms with E-state index in [0.29, 0.717) is 5.69 Å². The highest BCUT2D eigenvalue weighted by Gasteiger charge is 2.23. The van der Waals surface area contributed by atoms with Crippen LogP contribution in [0.1, 0.15) is 53.1 Å². The molecule has 0 fully saturated rings. The smallest absolute Gasteiger partial charge is 0.273 e. The van der Waals surface area contributed by atoms with E-state index in [1.807, 2.05) is 45.0 Å². The van der Waals surface area contributed by atoms with Crippen molar-refractivity contribution >= 4 is 5.91 Å². The Hall–Kier alpha value is -3.06. The number of amides is 1. The number of nitrogens with zero attached hydrogens (tertiary/aromatic N) is 4. The summed E-state index contributed by atoms with van der Waals surface area (Å²) in [7, 11) is 0. The average molecular weight is 422 g/mol. The number of aromatic nitrogens is 3. The standard InChI is InChI=1S/C24H28FN5O/c1-4-16(2)26-24(31)23-17(3)30(28-27-23)22-7-5-6-19-15-29(13-12-21(19)22)14-18-8-10-20(25)11-9-18/h5-11,16H,4,12-15H2,1-3H3,(H,26,31). The summed E-state index contributed by atoms with van der Waals surface area (Å²) in [5.41, 5.74) is 5.66. The van der Waals surface area contributed by atoms with Crippen molar-refractivity contribution in [1.29, 1.82) is 0 Å². The summed E-state index contributed by atoms with van der Waals surface area (Å²) >= 11 is 0. The number of hydrogen-bond donors (Lipinski definition) is 1. The van der Waals surface area contributed by atoms with Crippen LogP contribution >= 0.6 is 0 Å². The van der Waals surface area contributed by atoms with Gasteiger partial charge in [-0.3, -0.25) is 9.69 Å². The number of carbonyl (C=O) groups is 1. The van der Waals surface area contributed by atoms with E-state index < -0.39 is 0 Å². The second-order valence-electron chi connectivity index (χ2n) is 8.22. The molecule has 1 aliphatic rings. The van der Waals surface area contributed by atoms with Crippen molar-refractivity contribution in [2.45, 2.75) is 52.7 Å². The van der Waals surface area contributed by atoms with E-state index in [9.17, 15) is 9.18 Å². The maximum absolute atomic E-state index is 13.2. The fourth-order valence-corrected chi connectivity index (χ4v) is 3.99. The molecule has 0 spiro atoms. The highest BCUT2D eigenvalue weighted by molar-refractivity contribution is 5.93. The Labute approximate surface area is 182 Å². The third-order valence-electron chi connectivity index (χ3n) is 5.97. The van der Waals surface area contributed by atoms with Gasteiger partial charge in [-0.1, -0.05) is 36.4 Å². The molecule has 1 atom stereocenters. The molecule has 2 heterocycles. The van der Waals surface area contributed by atoms with Gasteiger partial charge in [0, 0.05) is 25.7 Å². The van der Waals surface area contributed by atoms with Gasteiger partial charge in [0.15, 0.2) is 5.69 Å². The molecule has 0 saturated heterocycles. The molecule has 4 rings (SSSR count). The van der Waals surface area contributed by atoms with E-state index in [-0.39, 0.29) is 17.8 Å². The zero-order chi connectivity index (χ0) is 22.0. The fraction of sp³-hybridized carbons (Fsp3) is 0.375. The van der Waals surface area contributed by atoms with Crippen LogP contribution in [0.25, 0.3) is 5.69 Å². The van der Waals surface area contributed by atoms with Crippen LogP contribution in [-0.2, 0) is 19.5 Å². The predicted octanol–water partition coefficient (Wildman–Crippen LogP) is 3.80. The van der Waals surface area contributed by atoms with Gasteiger partial charge in [-0.25, -0.2) is 9.07 Å². The van der Waals surface area contributed by atoms with Crippen molar-refractivity contribution in [2.75, 3.05) is 6.54 Å². The van der Waals surface area contributed by atoms with E-state index in [1.165, 1.54) is 23.3 Å². The summed E-state index contributed by atoms with van der Waals surface area (Å²) in [6.45, 7) is 8.39. The average Bonchev–Trinajstić information content (AvgIpc) is 3.16. The highest BCUT2D eigenvalue weighted by atomic mass is 19.1. The molecule has 0 aliphatic carbocycles. The summed E-state index contributed by atoms with van der Waals surface area (Å²) in [5.74, 6) is -0.397. The van der Waals surface area contributed by atoms with Crippen molar-refractivity contribution in [1.82, 2.24) is 25.2 Å².